The Bertz CT molecular complexity index is 899. The quantitative estimate of drug-likeness (QED) is 0.771. The molecule has 1 aliphatic rings. The van der Waals surface area contributed by atoms with E-state index in [1.54, 1.807) is 19.2 Å². The van der Waals surface area contributed by atoms with Gasteiger partial charge in [0.1, 0.15) is 0 Å². The molecule has 0 radical (unpaired) electrons. The fourth-order valence-electron chi connectivity index (χ4n) is 3.16. The van der Waals surface area contributed by atoms with Crippen LogP contribution in [0, 0.1) is 0 Å². The Morgan fingerprint density at radius 1 is 1.40 bits per heavy atom. The van der Waals surface area contributed by atoms with Crippen LogP contribution in [0.2, 0.25) is 0 Å². The molecule has 1 N–H and O–H groups in total. The number of carbonyl (C=O) groups is 1. The summed E-state index contributed by atoms with van der Waals surface area (Å²) in [7, 11) is 1.60. The largest absolute Gasteiger partial charge is 0.481 e. The van der Waals surface area contributed by atoms with E-state index < -0.39 is 0 Å². The molecule has 1 aliphatic heterocycles. The third-order valence-electron chi connectivity index (χ3n) is 4.31. The van der Waals surface area contributed by atoms with Crippen LogP contribution in [-0.2, 0) is 13.0 Å². The predicted octanol–water partition coefficient (Wildman–Crippen LogP) is 2.39. The maximum Gasteiger partial charge on any atom is 0.286 e. The standard InChI is InChI=1S/C18H19N3O4/c1-23-15-6-5-13-16(20-15)12(18-21(13)9-3-11-25-18)7-8-19-17(22)14-4-2-10-24-14/h2,4-6,10H,3,7-9,11H2,1H3,(H,19,22). The van der Waals surface area contributed by atoms with Crippen molar-refractivity contribution in [3.8, 4) is 11.8 Å². The second kappa shape index (κ2) is 6.51. The van der Waals surface area contributed by atoms with E-state index in [1.807, 2.05) is 12.1 Å². The summed E-state index contributed by atoms with van der Waals surface area (Å²) < 4.78 is 18.4. The zero-order valence-electron chi connectivity index (χ0n) is 13.9. The first kappa shape index (κ1) is 15.6. The number of aromatic nitrogens is 2. The second-order valence-electron chi connectivity index (χ2n) is 5.84. The summed E-state index contributed by atoms with van der Waals surface area (Å²) >= 11 is 0. The molecule has 130 valence electrons. The van der Waals surface area contributed by atoms with Gasteiger partial charge >= 0.3 is 0 Å². The molecule has 3 aromatic rings. The van der Waals surface area contributed by atoms with Crippen molar-refractivity contribution in [1.82, 2.24) is 14.9 Å². The lowest BCUT2D eigenvalue weighted by Crippen LogP contribution is -2.25. The Hall–Kier alpha value is -2.96. The summed E-state index contributed by atoms with van der Waals surface area (Å²) in [4.78, 5) is 16.6. The van der Waals surface area contributed by atoms with Crippen LogP contribution in [-0.4, -0.2) is 35.7 Å². The Balaban J connectivity index is 1.60. The molecule has 0 aromatic carbocycles. The number of amides is 1. The highest BCUT2D eigenvalue weighted by Crippen LogP contribution is 2.34. The predicted molar refractivity (Wildman–Crippen MR) is 91.1 cm³/mol. The number of ether oxygens (including phenoxy) is 2. The molecule has 7 heteroatoms. The molecule has 4 heterocycles. The molecule has 0 fully saturated rings. The van der Waals surface area contributed by atoms with Gasteiger partial charge in [0, 0.05) is 24.7 Å². The van der Waals surface area contributed by atoms with Crippen molar-refractivity contribution < 1.29 is 18.7 Å². The lowest BCUT2D eigenvalue weighted by molar-refractivity contribution is 0.0926. The van der Waals surface area contributed by atoms with Crippen LogP contribution in [0.15, 0.2) is 34.9 Å². The van der Waals surface area contributed by atoms with Gasteiger partial charge in [0.15, 0.2) is 11.6 Å². The number of aryl methyl sites for hydroxylation is 1. The minimum atomic E-state index is -0.228. The summed E-state index contributed by atoms with van der Waals surface area (Å²) in [6.07, 6.45) is 3.07. The summed E-state index contributed by atoms with van der Waals surface area (Å²) in [5.74, 6) is 1.49. The molecule has 3 aromatic heterocycles. The van der Waals surface area contributed by atoms with E-state index in [1.165, 1.54) is 6.26 Å². The van der Waals surface area contributed by atoms with Crippen molar-refractivity contribution in [3.05, 3.63) is 41.9 Å². The number of carbonyl (C=O) groups excluding carboxylic acids is 1. The summed E-state index contributed by atoms with van der Waals surface area (Å²) in [6.45, 7) is 2.06. The van der Waals surface area contributed by atoms with E-state index in [2.05, 4.69) is 14.9 Å². The molecule has 0 saturated carbocycles. The van der Waals surface area contributed by atoms with Gasteiger partial charge in [-0.15, -0.1) is 0 Å². The zero-order chi connectivity index (χ0) is 17.2. The van der Waals surface area contributed by atoms with Gasteiger partial charge in [0.05, 0.1) is 31.0 Å². The van der Waals surface area contributed by atoms with Crippen LogP contribution in [0.25, 0.3) is 11.0 Å². The van der Waals surface area contributed by atoms with Crippen molar-refractivity contribution in [2.45, 2.75) is 19.4 Å². The molecule has 0 aliphatic carbocycles. The van der Waals surface area contributed by atoms with Gasteiger partial charge in [-0.05, 0) is 31.0 Å². The average Bonchev–Trinajstić information content (AvgIpc) is 3.28. The smallest absolute Gasteiger partial charge is 0.286 e. The fourth-order valence-corrected chi connectivity index (χ4v) is 3.16. The normalized spacial score (nSPS) is 13.3. The minimum absolute atomic E-state index is 0.228. The first-order valence-corrected chi connectivity index (χ1v) is 8.28. The third kappa shape index (κ3) is 2.82. The maximum absolute atomic E-state index is 12.0. The number of hydrogen-bond donors (Lipinski definition) is 1. The van der Waals surface area contributed by atoms with Gasteiger partial charge in [0.2, 0.25) is 5.88 Å². The Labute approximate surface area is 144 Å². The van der Waals surface area contributed by atoms with E-state index >= 15 is 0 Å². The highest BCUT2D eigenvalue weighted by atomic mass is 16.5. The van der Waals surface area contributed by atoms with Gasteiger partial charge < -0.3 is 23.8 Å². The van der Waals surface area contributed by atoms with E-state index in [0.29, 0.717) is 31.2 Å². The molecule has 7 nitrogen and oxygen atoms in total. The first-order chi connectivity index (χ1) is 12.3. The molecular formula is C18H19N3O4. The van der Waals surface area contributed by atoms with Crippen molar-refractivity contribution in [3.63, 3.8) is 0 Å². The van der Waals surface area contributed by atoms with Gasteiger partial charge in [-0.2, -0.15) is 0 Å². The van der Waals surface area contributed by atoms with E-state index in [0.717, 1.165) is 35.4 Å². The van der Waals surface area contributed by atoms with Crippen molar-refractivity contribution >= 4 is 16.9 Å². The summed E-state index contributed by atoms with van der Waals surface area (Å²) in [5.41, 5.74) is 2.89. The van der Waals surface area contributed by atoms with Crippen LogP contribution >= 0.6 is 0 Å². The SMILES string of the molecule is COc1ccc2c(n1)c(CCNC(=O)c1ccco1)c1n2CCCO1. The minimum Gasteiger partial charge on any atom is -0.481 e. The van der Waals surface area contributed by atoms with Gasteiger partial charge in [0.25, 0.3) is 5.91 Å². The van der Waals surface area contributed by atoms with Crippen LogP contribution in [0.5, 0.6) is 11.8 Å². The molecule has 1 amide bonds. The first-order valence-electron chi connectivity index (χ1n) is 8.28. The number of methoxy groups -OCH3 is 1. The summed E-state index contributed by atoms with van der Waals surface area (Å²) in [5, 5.41) is 2.87. The van der Waals surface area contributed by atoms with E-state index in [9.17, 15) is 4.79 Å². The number of fused-ring (bicyclic) bond motifs is 3. The molecule has 0 bridgehead atoms. The molecule has 4 rings (SSSR count). The number of furan rings is 1. The third-order valence-corrected chi connectivity index (χ3v) is 4.31. The maximum atomic E-state index is 12.0. The number of nitrogens with one attached hydrogen (secondary N) is 1. The van der Waals surface area contributed by atoms with Crippen molar-refractivity contribution in [2.24, 2.45) is 0 Å². The fraction of sp³-hybridized carbons (Fsp3) is 0.333. The molecule has 0 saturated heterocycles. The van der Waals surface area contributed by atoms with E-state index in [-0.39, 0.29) is 5.91 Å². The zero-order valence-corrected chi connectivity index (χ0v) is 13.9. The van der Waals surface area contributed by atoms with Crippen LogP contribution in [0.3, 0.4) is 0 Å². The van der Waals surface area contributed by atoms with Crippen molar-refractivity contribution in [2.75, 3.05) is 20.3 Å². The Morgan fingerprint density at radius 3 is 3.12 bits per heavy atom. The monoisotopic (exact) mass is 341 g/mol. The average molecular weight is 341 g/mol. The number of pyridine rings is 1. The molecule has 0 atom stereocenters. The highest BCUT2D eigenvalue weighted by Gasteiger charge is 2.23. The topological polar surface area (TPSA) is 78.5 Å². The van der Waals surface area contributed by atoms with Crippen LogP contribution in [0.4, 0.5) is 0 Å². The van der Waals surface area contributed by atoms with Crippen LogP contribution < -0.4 is 14.8 Å². The van der Waals surface area contributed by atoms with E-state index in [4.69, 9.17) is 13.9 Å². The number of rotatable bonds is 5. The van der Waals surface area contributed by atoms with Gasteiger partial charge in [-0.3, -0.25) is 4.79 Å². The Kier molecular flexibility index (Phi) is 4.05. The van der Waals surface area contributed by atoms with Gasteiger partial charge in [-0.1, -0.05) is 0 Å². The molecular weight excluding hydrogens is 322 g/mol. The lowest BCUT2D eigenvalue weighted by Gasteiger charge is -2.18. The molecule has 25 heavy (non-hydrogen) atoms. The van der Waals surface area contributed by atoms with Crippen molar-refractivity contribution in [1.29, 1.82) is 0 Å². The molecule has 0 spiro atoms. The second-order valence-corrected chi connectivity index (χ2v) is 5.84. The molecule has 0 unspecified atom stereocenters. The van der Waals surface area contributed by atoms with Gasteiger partial charge in [-0.25, -0.2) is 4.98 Å². The number of nitrogens with zero attached hydrogens (tertiary/aromatic N) is 2. The summed E-state index contributed by atoms with van der Waals surface area (Å²) in [6, 6.07) is 7.19. The Morgan fingerprint density at radius 2 is 2.32 bits per heavy atom. The number of hydrogen-bond acceptors (Lipinski definition) is 5. The lowest BCUT2D eigenvalue weighted by atomic mass is 10.2. The highest BCUT2D eigenvalue weighted by molar-refractivity contribution is 5.91. The van der Waals surface area contributed by atoms with Crippen LogP contribution in [0.1, 0.15) is 22.5 Å².